The van der Waals surface area contributed by atoms with Gasteiger partial charge in [-0.3, -0.25) is 4.68 Å². The van der Waals surface area contributed by atoms with E-state index in [1.165, 1.54) is 17.3 Å². The van der Waals surface area contributed by atoms with Gasteiger partial charge in [0.2, 0.25) is 11.2 Å². The van der Waals surface area contributed by atoms with Gasteiger partial charge in [0.05, 0.1) is 6.54 Å². The van der Waals surface area contributed by atoms with Crippen molar-refractivity contribution in [1.82, 2.24) is 44.5 Å². The molecule has 0 radical (unpaired) electrons. The van der Waals surface area contributed by atoms with Gasteiger partial charge in [-0.15, -0.1) is 0 Å². The van der Waals surface area contributed by atoms with Crippen LogP contribution in [0.3, 0.4) is 0 Å². The molecular formula is C9H9ClN10. The average Bonchev–Trinajstić information content (AvgIpc) is 3.07. The zero-order valence-electron chi connectivity index (χ0n) is 10.3. The van der Waals surface area contributed by atoms with E-state index in [2.05, 4.69) is 40.4 Å². The number of aromatic nitrogens is 9. The number of nitrogens with zero attached hydrogens (tertiary/aromatic N) is 9. The van der Waals surface area contributed by atoms with E-state index in [1.54, 1.807) is 18.1 Å². The van der Waals surface area contributed by atoms with Crippen LogP contribution in [0.4, 0.5) is 5.95 Å². The van der Waals surface area contributed by atoms with Crippen LogP contribution in [0.15, 0.2) is 19.0 Å². The standard InChI is InChI=1S/C9H9ClN10/c1-19-5-13-6(18-19)2-12-8-15-7(10)16-9(17-8)20-4-11-3-14-20/h3-5H,2H2,1H3,(H,12,15,16,17). The maximum atomic E-state index is 5.85. The van der Waals surface area contributed by atoms with Gasteiger partial charge in [0, 0.05) is 7.05 Å². The zero-order valence-corrected chi connectivity index (χ0v) is 11.1. The summed E-state index contributed by atoms with van der Waals surface area (Å²) in [6, 6.07) is 0. The highest BCUT2D eigenvalue weighted by Crippen LogP contribution is 2.09. The highest BCUT2D eigenvalue weighted by molar-refractivity contribution is 6.28. The normalized spacial score (nSPS) is 10.7. The summed E-state index contributed by atoms with van der Waals surface area (Å²) in [5.41, 5.74) is 0. The summed E-state index contributed by atoms with van der Waals surface area (Å²) >= 11 is 5.85. The molecule has 0 atom stereocenters. The van der Waals surface area contributed by atoms with Gasteiger partial charge in [0.1, 0.15) is 19.0 Å². The molecule has 10 nitrogen and oxygen atoms in total. The van der Waals surface area contributed by atoms with E-state index in [4.69, 9.17) is 11.6 Å². The van der Waals surface area contributed by atoms with Gasteiger partial charge < -0.3 is 5.32 Å². The molecule has 11 heteroatoms. The molecule has 102 valence electrons. The molecule has 0 aliphatic rings. The minimum atomic E-state index is 0.0574. The van der Waals surface area contributed by atoms with Crippen molar-refractivity contribution in [3.8, 4) is 5.95 Å². The minimum absolute atomic E-state index is 0.0574. The predicted molar refractivity (Wildman–Crippen MR) is 68.1 cm³/mol. The number of hydrogen-bond donors (Lipinski definition) is 1. The lowest BCUT2D eigenvalue weighted by atomic mass is 10.6. The molecule has 0 fully saturated rings. The molecule has 0 bridgehead atoms. The van der Waals surface area contributed by atoms with E-state index in [0.717, 1.165) is 0 Å². The summed E-state index contributed by atoms with van der Waals surface area (Å²) in [6.45, 7) is 0.373. The quantitative estimate of drug-likeness (QED) is 0.706. The van der Waals surface area contributed by atoms with Crippen LogP contribution in [-0.4, -0.2) is 44.5 Å². The summed E-state index contributed by atoms with van der Waals surface area (Å²) < 4.78 is 3.00. The van der Waals surface area contributed by atoms with E-state index >= 15 is 0 Å². The van der Waals surface area contributed by atoms with Gasteiger partial charge in [-0.1, -0.05) is 0 Å². The SMILES string of the molecule is Cn1cnc(CNc2nc(Cl)nc(-n3cncn3)n2)n1. The molecule has 0 aliphatic carbocycles. The number of anilines is 1. The molecule has 0 spiro atoms. The second-order valence-corrected chi connectivity index (χ2v) is 4.09. The van der Waals surface area contributed by atoms with Crippen molar-refractivity contribution in [2.45, 2.75) is 6.54 Å². The van der Waals surface area contributed by atoms with Crippen LogP contribution in [0.1, 0.15) is 5.82 Å². The van der Waals surface area contributed by atoms with E-state index in [1.807, 2.05) is 0 Å². The second-order valence-electron chi connectivity index (χ2n) is 3.76. The van der Waals surface area contributed by atoms with Crippen molar-refractivity contribution >= 4 is 17.5 Å². The maximum Gasteiger partial charge on any atom is 0.258 e. The Morgan fingerprint density at radius 1 is 1.25 bits per heavy atom. The number of aryl methyl sites for hydroxylation is 1. The van der Waals surface area contributed by atoms with Crippen molar-refractivity contribution in [2.24, 2.45) is 7.05 Å². The van der Waals surface area contributed by atoms with Gasteiger partial charge in [0.15, 0.2) is 5.82 Å². The highest BCUT2D eigenvalue weighted by Gasteiger charge is 2.08. The largest absolute Gasteiger partial charge is 0.347 e. The van der Waals surface area contributed by atoms with Gasteiger partial charge in [-0.25, -0.2) is 9.97 Å². The first kappa shape index (κ1) is 12.4. The summed E-state index contributed by atoms with van der Waals surface area (Å²) in [5, 5.41) is 11.1. The lowest BCUT2D eigenvalue weighted by molar-refractivity contribution is 0.745. The Morgan fingerprint density at radius 3 is 2.85 bits per heavy atom. The van der Waals surface area contributed by atoms with E-state index in [9.17, 15) is 0 Å². The Labute approximate surface area is 117 Å². The topological polar surface area (TPSA) is 112 Å². The first-order valence-electron chi connectivity index (χ1n) is 5.55. The molecule has 3 aromatic rings. The van der Waals surface area contributed by atoms with Crippen molar-refractivity contribution < 1.29 is 0 Å². The van der Waals surface area contributed by atoms with Crippen LogP contribution in [-0.2, 0) is 13.6 Å². The Hall–Kier alpha value is -2.62. The van der Waals surface area contributed by atoms with Gasteiger partial charge in [-0.05, 0) is 11.6 Å². The monoisotopic (exact) mass is 292 g/mol. The van der Waals surface area contributed by atoms with Crippen molar-refractivity contribution in [1.29, 1.82) is 0 Å². The van der Waals surface area contributed by atoms with Crippen molar-refractivity contribution in [3.63, 3.8) is 0 Å². The smallest absolute Gasteiger partial charge is 0.258 e. The van der Waals surface area contributed by atoms with Gasteiger partial charge >= 0.3 is 0 Å². The Morgan fingerprint density at radius 2 is 2.15 bits per heavy atom. The maximum absolute atomic E-state index is 5.85. The minimum Gasteiger partial charge on any atom is -0.347 e. The molecule has 20 heavy (non-hydrogen) atoms. The summed E-state index contributed by atoms with van der Waals surface area (Å²) in [5.74, 6) is 1.20. The third-order valence-corrected chi connectivity index (χ3v) is 2.44. The highest BCUT2D eigenvalue weighted by atomic mass is 35.5. The predicted octanol–water partition coefficient (Wildman–Crippen LogP) is -0.154. The molecule has 0 saturated carbocycles. The molecule has 0 unspecified atom stereocenters. The fourth-order valence-electron chi connectivity index (χ4n) is 1.46. The van der Waals surface area contributed by atoms with Crippen LogP contribution in [0, 0.1) is 0 Å². The molecule has 3 heterocycles. The molecule has 0 amide bonds. The molecule has 0 saturated heterocycles. The number of rotatable bonds is 4. The van der Waals surface area contributed by atoms with Crippen molar-refractivity contribution in [3.05, 3.63) is 30.1 Å². The molecule has 0 aliphatic heterocycles. The first-order valence-corrected chi connectivity index (χ1v) is 5.93. The van der Waals surface area contributed by atoms with Crippen molar-refractivity contribution in [2.75, 3.05) is 5.32 Å². The van der Waals surface area contributed by atoms with Crippen LogP contribution < -0.4 is 5.32 Å². The summed E-state index contributed by atoms with van der Waals surface area (Å²) in [7, 11) is 1.79. The van der Waals surface area contributed by atoms with Crippen LogP contribution in [0.2, 0.25) is 5.28 Å². The molecular weight excluding hydrogens is 284 g/mol. The van der Waals surface area contributed by atoms with Gasteiger partial charge in [-0.2, -0.15) is 29.8 Å². The van der Waals surface area contributed by atoms with E-state index in [-0.39, 0.29) is 11.2 Å². The Bertz CT molecular complexity index is 705. The fraction of sp³-hybridized carbons (Fsp3) is 0.222. The Kier molecular flexibility index (Phi) is 3.21. The molecule has 3 rings (SSSR count). The fourth-order valence-corrected chi connectivity index (χ4v) is 1.61. The number of hydrogen-bond acceptors (Lipinski definition) is 8. The van der Waals surface area contributed by atoms with Crippen LogP contribution in [0.25, 0.3) is 5.95 Å². The second kappa shape index (κ2) is 5.17. The molecule has 1 N–H and O–H groups in total. The van der Waals surface area contributed by atoms with E-state index in [0.29, 0.717) is 18.3 Å². The van der Waals surface area contributed by atoms with Crippen LogP contribution >= 0.6 is 11.6 Å². The van der Waals surface area contributed by atoms with E-state index < -0.39 is 0 Å². The lowest BCUT2D eigenvalue weighted by Gasteiger charge is -2.04. The third kappa shape index (κ3) is 2.69. The number of halogens is 1. The summed E-state index contributed by atoms with van der Waals surface area (Å²) in [4.78, 5) is 20.0. The number of nitrogens with one attached hydrogen (secondary N) is 1. The average molecular weight is 293 g/mol. The molecule has 3 aromatic heterocycles. The summed E-state index contributed by atoms with van der Waals surface area (Å²) in [6.07, 6.45) is 4.45. The van der Waals surface area contributed by atoms with Gasteiger partial charge in [0.25, 0.3) is 5.95 Å². The zero-order chi connectivity index (χ0) is 13.9. The lowest BCUT2D eigenvalue weighted by Crippen LogP contribution is -2.10. The van der Waals surface area contributed by atoms with Crippen LogP contribution in [0.5, 0.6) is 0 Å². The molecule has 0 aromatic carbocycles. The third-order valence-electron chi connectivity index (χ3n) is 2.27. The Balaban J connectivity index is 1.79. The first-order chi connectivity index (χ1) is 9.70.